The van der Waals surface area contributed by atoms with Crippen molar-refractivity contribution in [1.29, 1.82) is 5.26 Å². The van der Waals surface area contributed by atoms with Gasteiger partial charge in [0, 0.05) is 18.9 Å². The van der Waals surface area contributed by atoms with E-state index in [1.807, 2.05) is 38.1 Å². The number of carbonyl (C=O) groups is 1. The molecule has 0 radical (unpaired) electrons. The van der Waals surface area contributed by atoms with Crippen LogP contribution in [0.25, 0.3) is 0 Å². The van der Waals surface area contributed by atoms with Crippen molar-refractivity contribution in [2.45, 2.75) is 46.7 Å². The summed E-state index contributed by atoms with van der Waals surface area (Å²) < 4.78 is 28.8. The number of nitrogens with one attached hydrogen (secondary N) is 1. The lowest BCUT2D eigenvalue weighted by Crippen LogP contribution is -2.44. The second-order valence-corrected chi connectivity index (χ2v) is 7.92. The molecular formula is C24H26F2N6O. The molecule has 3 aromatic rings. The molecule has 33 heavy (non-hydrogen) atoms. The van der Waals surface area contributed by atoms with Crippen LogP contribution < -0.4 is 10.2 Å². The van der Waals surface area contributed by atoms with Gasteiger partial charge in [-0.2, -0.15) is 10.4 Å². The summed E-state index contributed by atoms with van der Waals surface area (Å²) in [6.45, 7) is 3.89. The summed E-state index contributed by atoms with van der Waals surface area (Å²) in [5.74, 6) is -2.23. The number of aromatic nitrogens is 3. The van der Waals surface area contributed by atoms with Gasteiger partial charge in [-0.1, -0.05) is 13.5 Å². The molecule has 0 saturated heterocycles. The van der Waals surface area contributed by atoms with E-state index in [0.29, 0.717) is 18.4 Å². The Balaban J connectivity index is 0.00000306. The Hall–Kier alpha value is -3.80. The van der Waals surface area contributed by atoms with E-state index >= 15 is 0 Å². The van der Waals surface area contributed by atoms with Crippen molar-refractivity contribution < 1.29 is 13.6 Å². The van der Waals surface area contributed by atoms with E-state index in [4.69, 9.17) is 5.26 Å². The van der Waals surface area contributed by atoms with Crippen LogP contribution in [0.2, 0.25) is 0 Å². The van der Waals surface area contributed by atoms with Gasteiger partial charge in [0.15, 0.2) is 11.6 Å². The fraction of sp³-hybridized carbons (Fsp3) is 0.333. The molecule has 3 heterocycles. The molecule has 2 aromatic heterocycles. The van der Waals surface area contributed by atoms with Crippen molar-refractivity contribution in [3.05, 3.63) is 70.3 Å². The van der Waals surface area contributed by atoms with Gasteiger partial charge in [-0.15, -0.1) is 0 Å². The average Bonchev–Trinajstić information content (AvgIpc) is 3.22. The third-order valence-electron chi connectivity index (χ3n) is 5.80. The Labute approximate surface area is 191 Å². The number of likely N-dealkylation sites (N-methyl/N-ethyl adjacent to an activating group) is 1. The molecule has 1 atom stereocenters. The molecule has 1 aliphatic rings. The van der Waals surface area contributed by atoms with Crippen LogP contribution in [0.3, 0.4) is 0 Å². The molecule has 0 bridgehead atoms. The number of aryl methyl sites for hydroxylation is 3. The van der Waals surface area contributed by atoms with E-state index in [1.165, 1.54) is 6.07 Å². The number of anilines is 2. The quantitative estimate of drug-likeness (QED) is 0.633. The van der Waals surface area contributed by atoms with Gasteiger partial charge >= 0.3 is 0 Å². The Morgan fingerprint density at radius 3 is 2.76 bits per heavy atom. The van der Waals surface area contributed by atoms with Gasteiger partial charge in [-0.05, 0) is 49.9 Å². The zero-order valence-corrected chi connectivity index (χ0v) is 18.0. The van der Waals surface area contributed by atoms with Crippen LogP contribution >= 0.6 is 0 Å². The predicted molar refractivity (Wildman–Crippen MR) is 122 cm³/mol. The lowest BCUT2D eigenvalue weighted by molar-refractivity contribution is -0.117. The monoisotopic (exact) mass is 452 g/mol. The van der Waals surface area contributed by atoms with E-state index in [2.05, 4.69) is 15.4 Å². The highest BCUT2D eigenvalue weighted by Crippen LogP contribution is 2.33. The molecule has 172 valence electrons. The number of halogens is 2. The van der Waals surface area contributed by atoms with Gasteiger partial charge in [-0.3, -0.25) is 14.5 Å². The normalized spacial score (nSPS) is 14.8. The molecule has 1 aliphatic heterocycles. The van der Waals surface area contributed by atoms with Crippen LogP contribution in [0.4, 0.5) is 20.2 Å². The lowest BCUT2D eigenvalue weighted by Gasteiger charge is -2.34. The number of pyridine rings is 1. The number of benzene rings is 1. The minimum absolute atomic E-state index is 0. The fourth-order valence-electron chi connectivity index (χ4n) is 3.80. The highest BCUT2D eigenvalue weighted by Gasteiger charge is 2.28. The molecule has 1 aromatic carbocycles. The molecule has 1 N–H and O–H groups in total. The van der Waals surface area contributed by atoms with Gasteiger partial charge < -0.3 is 10.2 Å². The molecule has 0 spiro atoms. The first-order valence-corrected chi connectivity index (χ1v) is 10.2. The first-order chi connectivity index (χ1) is 15.3. The molecule has 0 aliphatic carbocycles. The van der Waals surface area contributed by atoms with Gasteiger partial charge in [0.25, 0.3) is 0 Å². The molecule has 0 saturated carbocycles. The molecule has 0 unspecified atom stereocenters. The van der Waals surface area contributed by atoms with Gasteiger partial charge in [0.1, 0.15) is 12.1 Å². The Morgan fingerprint density at radius 1 is 1.27 bits per heavy atom. The fourth-order valence-corrected chi connectivity index (χ4v) is 3.80. The zero-order chi connectivity index (χ0) is 23.0. The molecular weight excluding hydrogens is 426 g/mol. The SMILES string of the molecule is C.Cc1nc(CCc2cnn(Cc3ccc(F)c(F)c3C#N)c2)cc2c1NC(=O)[C@H](C)N2C. The molecule has 7 nitrogen and oxygen atoms in total. The number of nitrogens with zero attached hydrogens (tertiary/aromatic N) is 5. The average molecular weight is 453 g/mol. The maximum absolute atomic E-state index is 13.8. The molecule has 1 amide bonds. The van der Waals surface area contributed by atoms with Crippen LogP contribution in [0.15, 0.2) is 30.6 Å². The number of nitriles is 1. The largest absolute Gasteiger partial charge is 0.361 e. The van der Waals surface area contributed by atoms with Crippen LogP contribution in [0, 0.1) is 29.9 Å². The van der Waals surface area contributed by atoms with E-state index in [9.17, 15) is 13.6 Å². The van der Waals surface area contributed by atoms with Crippen molar-refractivity contribution in [3.63, 3.8) is 0 Å². The van der Waals surface area contributed by atoms with Crippen molar-refractivity contribution >= 4 is 17.3 Å². The van der Waals surface area contributed by atoms with E-state index in [0.717, 1.165) is 34.4 Å². The standard InChI is InChI=1S/C23H22F2N6O.CH4/c1-13-22-20(30(3)14(2)23(32)29-22)8-17(28-13)6-4-15-10-27-31(11-15)12-16-5-7-19(24)21(25)18(16)9-26;/h5,7-8,10-11,14H,4,6,12H2,1-3H3,(H,29,32);1H4/t14-;/m0./s1. The van der Waals surface area contributed by atoms with Crippen molar-refractivity contribution in [3.8, 4) is 6.07 Å². The number of carbonyl (C=O) groups excluding carboxylic acids is 1. The molecule has 9 heteroatoms. The first-order valence-electron chi connectivity index (χ1n) is 10.2. The van der Waals surface area contributed by atoms with E-state index < -0.39 is 11.6 Å². The van der Waals surface area contributed by atoms with Crippen molar-refractivity contribution in [2.75, 3.05) is 17.3 Å². The summed E-state index contributed by atoms with van der Waals surface area (Å²) in [4.78, 5) is 18.6. The smallest absolute Gasteiger partial charge is 0.246 e. The minimum atomic E-state index is -1.14. The molecule has 0 fully saturated rings. The maximum Gasteiger partial charge on any atom is 0.246 e. The summed E-state index contributed by atoms with van der Waals surface area (Å²) in [6.07, 6.45) is 4.89. The maximum atomic E-state index is 13.8. The van der Waals surface area contributed by atoms with Gasteiger partial charge in [0.05, 0.1) is 35.4 Å². The zero-order valence-electron chi connectivity index (χ0n) is 18.0. The third kappa shape index (κ3) is 4.55. The summed E-state index contributed by atoms with van der Waals surface area (Å²) in [5, 5.41) is 16.4. The predicted octanol–water partition coefficient (Wildman–Crippen LogP) is 3.98. The number of fused-ring (bicyclic) bond motifs is 1. The van der Waals surface area contributed by atoms with E-state index in [-0.39, 0.29) is 31.5 Å². The Kier molecular flexibility index (Phi) is 6.77. The van der Waals surface area contributed by atoms with Gasteiger partial charge in [-0.25, -0.2) is 8.78 Å². The number of hydrogen-bond acceptors (Lipinski definition) is 5. The molecule has 4 rings (SSSR count). The highest BCUT2D eigenvalue weighted by atomic mass is 19.2. The summed E-state index contributed by atoms with van der Waals surface area (Å²) in [6, 6.07) is 5.86. The van der Waals surface area contributed by atoms with Crippen LogP contribution in [0.1, 0.15) is 42.4 Å². The van der Waals surface area contributed by atoms with Crippen molar-refractivity contribution in [1.82, 2.24) is 14.8 Å². The Bertz CT molecular complexity index is 1250. The highest BCUT2D eigenvalue weighted by molar-refractivity contribution is 6.03. The number of amides is 1. The Morgan fingerprint density at radius 2 is 2.03 bits per heavy atom. The van der Waals surface area contributed by atoms with Gasteiger partial charge in [0.2, 0.25) is 5.91 Å². The lowest BCUT2D eigenvalue weighted by atomic mass is 10.1. The van der Waals surface area contributed by atoms with Crippen LogP contribution in [-0.4, -0.2) is 33.8 Å². The second kappa shape index (κ2) is 9.36. The first kappa shape index (κ1) is 23.9. The van der Waals surface area contributed by atoms with Crippen molar-refractivity contribution in [2.24, 2.45) is 0 Å². The number of hydrogen-bond donors (Lipinski definition) is 1. The van der Waals surface area contributed by atoms with Crippen LogP contribution in [-0.2, 0) is 24.2 Å². The topological polar surface area (TPSA) is 86.8 Å². The summed E-state index contributed by atoms with van der Waals surface area (Å²) in [7, 11) is 1.89. The van der Waals surface area contributed by atoms with E-state index in [1.54, 1.807) is 16.9 Å². The summed E-state index contributed by atoms with van der Waals surface area (Å²) >= 11 is 0. The third-order valence-corrected chi connectivity index (χ3v) is 5.80. The summed E-state index contributed by atoms with van der Waals surface area (Å²) in [5.41, 5.74) is 4.37. The minimum Gasteiger partial charge on any atom is -0.361 e. The second-order valence-electron chi connectivity index (χ2n) is 7.92. The van der Waals surface area contributed by atoms with Crippen LogP contribution in [0.5, 0.6) is 0 Å². The number of rotatable bonds is 5.